The molecule has 0 aliphatic heterocycles. The van der Waals surface area contributed by atoms with E-state index >= 15 is 0 Å². The molecule has 0 unspecified atom stereocenters. The molecule has 1 aromatic rings. The summed E-state index contributed by atoms with van der Waals surface area (Å²) in [6.45, 7) is 1.91. The summed E-state index contributed by atoms with van der Waals surface area (Å²) in [5.41, 5.74) is 0.893. The van der Waals surface area contributed by atoms with Crippen molar-refractivity contribution in [1.82, 2.24) is 9.55 Å². The minimum atomic E-state index is -0.0758. The zero-order valence-electron chi connectivity index (χ0n) is 6.83. The van der Waals surface area contributed by atoms with Gasteiger partial charge in [-0.3, -0.25) is 9.55 Å². The van der Waals surface area contributed by atoms with Crippen molar-refractivity contribution in [2.24, 2.45) is 0 Å². The average Bonchev–Trinajstić information content (AvgIpc) is 2.79. The summed E-state index contributed by atoms with van der Waals surface area (Å²) < 4.78 is 2.29. The molecule has 1 aromatic heterocycles. The van der Waals surface area contributed by atoms with Gasteiger partial charge in [-0.25, -0.2) is 4.79 Å². The molecular weight excluding hydrogens is 172 g/mol. The molecule has 4 heteroatoms. The van der Waals surface area contributed by atoms with Gasteiger partial charge >= 0.3 is 5.69 Å². The first-order chi connectivity index (χ1) is 5.68. The third-order valence-corrected chi connectivity index (χ3v) is 2.51. The zero-order chi connectivity index (χ0) is 8.72. The highest BCUT2D eigenvalue weighted by molar-refractivity contribution is 7.71. The van der Waals surface area contributed by atoms with E-state index in [2.05, 4.69) is 4.98 Å². The van der Waals surface area contributed by atoms with Gasteiger partial charge in [-0.2, -0.15) is 0 Å². The van der Waals surface area contributed by atoms with E-state index in [0.29, 0.717) is 10.7 Å². The van der Waals surface area contributed by atoms with Crippen LogP contribution in [0.3, 0.4) is 0 Å². The second kappa shape index (κ2) is 2.55. The van der Waals surface area contributed by atoms with Crippen molar-refractivity contribution in [3.8, 4) is 0 Å². The lowest BCUT2D eigenvalue weighted by Gasteiger charge is -2.02. The Morgan fingerprint density at radius 1 is 1.67 bits per heavy atom. The van der Waals surface area contributed by atoms with Crippen molar-refractivity contribution in [2.45, 2.75) is 25.8 Å². The van der Waals surface area contributed by atoms with Gasteiger partial charge in [0, 0.05) is 17.8 Å². The Morgan fingerprint density at radius 3 is 2.92 bits per heavy atom. The van der Waals surface area contributed by atoms with E-state index in [1.807, 2.05) is 13.1 Å². The van der Waals surface area contributed by atoms with Crippen molar-refractivity contribution in [3.05, 3.63) is 26.9 Å². The molecule has 3 nitrogen and oxygen atoms in total. The largest absolute Gasteiger partial charge is 0.326 e. The number of aromatic nitrogens is 2. The normalized spacial score (nSPS) is 16.4. The van der Waals surface area contributed by atoms with E-state index in [9.17, 15) is 4.79 Å². The van der Waals surface area contributed by atoms with Gasteiger partial charge in [-0.15, -0.1) is 0 Å². The average molecular weight is 182 g/mol. The van der Waals surface area contributed by atoms with Crippen LogP contribution >= 0.6 is 12.2 Å². The summed E-state index contributed by atoms with van der Waals surface area (Å²) in [4.78, 5) is 14.0. The van der Waals surface area contributed by atoms with Gasteiger partial charge in [0.2, 0.25) is 0 Å². The maximum Gasteiger partial charge on any atom is 0.326 e. The Bertz CT molecular complexity index is 414. The van der Waals surface area contributed by atoms with Crippen LogP contribution in [0.5, 0.6) is 0 Å². The number of hydrogen-bond donors (Lipinski definition) is 1. The molecule has 64 valence electrons. The maximum atomic E-state index is 11.3. The van der Waals surface area contributed by atoms with E-state index in [4.69, 9.17) is 12.2 Å². The third kappa shape index (κ3) is 1.22. The molecular formula is C8H10N2OS. The van der Waals surface area contributed by atoms with Crippen LogP contribution in [0.2, 0.25) is 0 Å². The van der Waals surface area contributed by atoms with Crippen LogP contribution in [0, 0.1) is 11.6 Å². The van der Waals surface area contributed by atoms with Gasteiger partial charge < -0.3 is 0 Å². The van der Waals surface area contributed by atoms with Crippen molar-refractivity contribution in [3.63, 3.8) is 0 Å². The van der Waals surface area contributed by atoms with E-state index in [1.165, 1.54) is 0 Å². The predicted molar refractivity (Wildman–Crippen MR) is 48.9 cm³/mol. The first-order valence-corrected chi connectivity index (χ1v) is 4.41. The molecule has 1 heterocycles. The lowest BCUT2D eigenvalue weighted by molar-refractivity contribution is 0.673. The summed E-state index contributed by atoms with van der Waals surface area (Å²) >= 11 is 4.94. The number of nitrogens with zero attached hydrogens (tertiary/aromatic N) is 1. The number of aromatic amines is 1. The van der Waals surface area contributed by atoms with E-state index in [1.54, 1.807) is 4.57 Å². The van der Waals surface area contributed by atoms with Gasteiger partial charge in [0.25, 0.3) is 0 Å². The van der Waals surface area contributed by atoms with Crippen LogP contribution in [-0.2, 0) is 0 Å². The molecule has 0 saturated heterocycles. The fourth-order valence-corrected chi connectivity index (χ4v) is 1.35. The highest BCUT2D eigenvalue weighted by atomic mass is 32.1. The number of H-pyrrole nitrogens is 1. The second-order valence-electron chi connectivity index (χ2n) is 3.21. The summed E-state index contributed by atoms with van der Waals surface area (Å²) in [5.74, 6) is 0. The summed E-state index contributed by atoms with van der Waals surface area (Å²) in [6, 6.07) is 0.419. The van der Waals surface area contributed by atoms with E-state index < -0.39 is 0 Å². The van der Waals surface area contributed by atoms with Crippen molar-refractivity contribution < 1.29 is 0 Å². The molecule has 0 aromatic carbocycles. The minimum Gasteiger partial charge on any atom is -0.298 e. The van der Waals surface area contributed by atoms with Crippen molar-refractivity contribution >= 4 is 12.2 Å². The highest BCUT2D eigenvalue weighted by Gasteiger charge is 2.24. The van der Waals surface area contributed by atoms with E-state index in [-0.39, 0.29) is 5.69 Å². The number of aryl methyl sites for hydroxylation is 1. The Balaban J connectivity index is 2.62. The van der Waals surface area contributed by atoms with Crippen LogP contribution in [0.25, 0.3) is 0 Å². The molecule has 0 atom stereocenters. The molecule has 1 N–H and O–H groups in total. The van der Waals surface area contributed by atoms with Crippen LogP contribution in [0.4, 0.5) is 0 Å². The summed E-state index contributed by atoms with van der Waals surface area (Å²) in [6.07, 6.45) is 4.08. The monoisotopic (exact) mass is 182 g/mol. The summed E-state index contributed by atoms with van der Waals surface area (Å²) in [5, 5.41) is 0. The van der Waals surface area contributed by atoms with Gasteiger partial charge in [0.05, 0.1) is 0 Å². The van der Waals surface area contributed by atoms with Crippen LogP contribution < -0.4 is 5.69 Å². The molecule has 1 aliphatic carbocycles. The molecule has 1 fully saturated rings. The fraction of sp³-hybridized carbons (Fsp3) is 0.500. The lowest BCUT2D eigenvalue weighted by Crippen LogP contribution is -2.22. The number of hydrogen-bond acceptors (Lipinski definition) is 2. The molecule has 0 amide bonds. The molecule has 0 spiro atoms. The zero-order valence-corrected chi connectivity index (χ0v) is 7.65. The first kappa shape index (κ1) is 7.73. The number of nitrogens with one attached hydrogen (secondary N) is 1. The standard InChI is InChI=1S/C8H10N2OS/c1-5-4-10(6-2-3-6)8(11)9-7(5)12/h4,6H,2-3H2,1H3,(H,9,11,12). The minimum absolute atomic E-state index is 0.0758. The van der Waals surface area contributed by atoms with Crippen molar-refractivity contribution in [1.29, 1.82) is 0 Å². The Labute approximate surface area is 75.1 Å². The maximum absolute atomic E-state index is 11.3. The Kier molecular flexibility index (Phi) is 1.65. The molecule has 12 heavy (non-hydrogen) atoms. The lowest BCUT2D eigenvalue weighted by atomic mass is 10.4. The van der Waals surface area contributed by atoms with Gasteiger partial charge in [0.15, 0.2) is 0 Å². The summed E-state index contributed by atoms with van der Waals surface area (Å²) in [7, 11) is 0. The van der Waals surface area contributed by atoms with Gasteiger partial charge in [-0.05, 0) is 19.8 Å². The van der Waals surface area contributed by atoms with Gasteiger partial charge in [-0.1, -0.05) is 12.2 Å². The Morgan fingerprint density at radius 2 is 2.33 bits per heavy atom. The SMILES string of the molecule is Cc1cn(C2CC2)c(=O)[nH]c1=S. The molecule has 1 aliphatic rings. The first-order valence-electron chi connectivity index (χ1n) is 4.00. The smallest absolute Gasteiger partial charge is 0.298 e. The number of rotatable bonds is 1. The van der Waals surface area contributed by atoms with Crippen LogP contribution in [0.15, 0.2) is 11.0 Å². The molecule has 1 saturated carbocycles. The predicted octanol–water partition coefficient (Wildman–Crippen LogP) is 1.55. The third-order valence-electron chi connectivity index (χ3n) is 2.09. The van der Waals surface area contributed by atoms with Crippen molar-refractivity contribution in [2.75, 3.05) is 0 Å². The van der Waals surface area contributed by atoms with Crippen LogP contribution in [0.1, 0.15) is 24.4 Å². The highest BCUT2D eigenvalue weighted by Crippen LogP contribution is 2.33. The fourth-order valence-electron chi connectivity index (χ4n) is 1.21. The molecule has 0 bridgehead atoms. The molecule has 0 radical (unpaired) electrons. The second-order valence-corrected chi connectivity index (χ2v) is 3.62. The quantitative estimate of drug-likeness (QED) is 0.669. The van der Waals surface area contributed by atoms with Gasteiger partial charge in [0.1, 0.15) is 4.64 Å². The Hall–Kier alpha value is -0.900. The van der Waals surface area contributed by atoms with E-state index in [0.717, 1.165) is 18.4 Å². The topological polar surface area (TPSA) is 37.8 Å². The van der Waals surface area contributed by atoms with Crippen LogP contribution in [-0.4, -0.2) is 9.55 Å². The molecule has 2 rings (SSSR count).